The van der Waals surface area contributed by atoms with Gasteiger partial charge in [0.1, 0.15) is 19.0 Å². The standard InChI is InChI=1S/C14H13FN2O/c1-9-14-12(4-6-16-9)11-3-2-10(18-7-5-15)8-13(11)17-14/h2-4,6,8,17H,5,7H2,1H3/i15-1. The highest BCUT2D eigenvalue weighted by atomic mass is 18.2. The smallest absolute Gasteiger partial charge is 0.123 e. The lowest BCUT2D eigenvalue weighted by atomic mass is 10.1. The third-order valence-electron chi connectivity index (χ3n) is 3.03. The molecule has 1 aromatic carbocycles. The predicted octanol–water partition coefficient (Wildman–Crippen LogP) is 3.37. The maximum Gasteiger partial charge on any atom is 0.123 e. The van der Waals surface area contributed by atoms with Gasteiger partial charge in [-0.3, -0.25) is 4.98 Å². The molecule has 0 saturated heterocycles. The number of aromatic nitrogens is 2. The number of benzene rings is 1. The molecular formula is C14H13FN2O. The zero-order valence-electron chi connectivity index (χ0n) is 10.0. The van der Waals surface area contributed by atoms with Crippen LogP contribution in [0.4, 0.5) is 4.39 Å². The number of aryl methyl sites for hydroxylation is 1. The summed E-state index contributed by atoms with van der Waals surface area (Å²) in [5.74, 6) is 0.678. The number of halogens is 1. The molecule has 3 aromatic rings. The van der Waals surface area contributed by atoms with Gasteiger partial charge in [-0.05, 0) is 25.1 Å². The van der Waals surface area contributed by atoms with E-state index in [2.05, 4.69) is 9.97 Å². The molecule has 4 heteroatoms. The molecule has 0 atom stereocenters. The normalized spacial score (nSPS) is 11.2. The average Bonchev–Trinajstić information content (AvgIpc) is 2.76. The monoisotopic (exact) mass is 243 g/mol. The minimum absolute atomic E-state index is 0.0896. The van der Waals surface area contributed by atoms with E-state index in [1.807, 2.05) is 31.2 Å². The van der Waals surface area contributed by atoms with Crippen LogP contribution in [0.5, 0.6) is 5.75 Å². The molecule has 2 aromatic heterocycles. The van der Waals surface area contributed by atoms with Crippen molar-refractivity contribution in [1.82, 2.24) is 9.97 Å². The number of nitrogens with zero attached hydrogens (tertiary/aromatic N) is 1. The molecule has 0 unspecified atom stereocenters. The SMILES string of the molecule is Cc1nccc2c1[nH]c1cc(OCC[18F])ccc12. The molecule has 0 amide bonds. The lowest BCUT2D eigenvalue weighted by Crippen LogP contribution is -1.98. The van der Waals surface area contributed by atoms with Crippen molar-refractivity contribution in [3.8, 4) is 5.75 Å². The third kappa shape index (κ3) is 1.70. The molecule has 18 heavy (non-hydrogen) atoms. The first-order valence-corrected chi connectivity index (χ1v) is 5.85. The van der Waals surface area contributed by atoms with Gasteiger partial charge in [-0.1, -0.05) is 0 Å². The van der Waals surface area contributed by atoms with Crippen LogP contribution in [0.15, 0.2) is 30.5 Å². The lowest BCUT2D eigenvalue weighted by Gasteiger charge is -2.02. The predicted molar refractivity (Wildman–Crippen MR) is 69.8 cm³/mol. The summed E-state index contributed by atoms with van der Waals surface area (Å²) in [6.07, 6.45) is 1.80. The van der Waals surface area contributed by atoms with E-state index < -0.39 is 6.67 Å². The Labute approximate surface area is 104 Å². The van der Waals surface area contributed by atoms with Crippen molar-refractivity contribution in [2.75, 3.05) is 13.3 Å². The van der Waals surface area contributed by atoms with E-state index in [1.165, 1.54) is 0 Å². The van der Waals surface area contributed by atoms with Gasteiger partial charge in [0.25, 0.3) is 0 Å². The zero-order valence-corrected chi connectivity index (χ0v) is 10.0. The summed E-state index contributed by atoms with van der Waals surface area (Å²) < 4.78 is 17.4. The quantitative estimate of drug-likeness (QED) is 0.765. The Morgan fingerprint density at radius 3 is 3.00 bits per heavy atom. The summed E-state index contributed by atoms with van der Waals surface area (Å²) in [6, 6.07) is 7.73. The molecule has 0 saturated carbocycles. The first-order valence-electron chi connectivity index (χ1n) is 5.85. The number of pyridine rings is 1. The van der Waals surface area contributed by atoms with Crippen LogP contribution in [0.1, 0.15) is 5.69 Å². The maximum absolute atomic E-state index is 12.1. The van der Waals surface area contributed by atoms with Crippen LogP contribution in [0, 0.1) is 6.92 Å². The maximum atomic E-state index is 12.1. The van der Waals surface area contributed by atoms with Crippen molar-refractivity contribution >= 4 is 21.8 Å². The number of nitrogens with one attached hydrogen (secondary N) is 1. The molecule has 0 spiro atoms. The van der Waals surface area contributed by atoms with E-state index in [-0.39, 0.29) is 6.61 Å². The van der Waals surface area contributed by atoms with Gasteiger partial charge < -0.3 is 9.72 Å². The zero-order chi connectivity index (χ0) is 12.5. The summed E-state index contributed by atoms with van der Waals surface area (Å²) >= 11 is 0. The van der Waals surface area contributed by atoms with Crippen LogP contribution >= 0.6 is 0 Å². The van der Waals surface area contributed by atoms with Crippen LogP contribution in [0.25, 0.3) is 21.8 Å². The average molecular weight is 243 g/mol. The van der Waals surface area contributed by atoms with E-state index >= 15 is 0 Å². The fourth-order valence-corrected chi connectivity index (χ4v) is 2.19. The lowest BCUT2D eigenvalue weighted by molar-refractivity contribution is 0.273. The van der Waals surface area contributed by atoms with Gasteiger partial charge in [0.15, 0.2) is 0 Å². The van der Waals surface area contributed by atoms with Crippen LogP contribution < -0.4 is 4.74 Å². The molecule has 1 N–H and O–H groups in total. The van der Waals surface area contributed by atoms with Gasteiger partial charge in [-0.2, -0.15) is 0 Å². The topological polar surface area (TPSA) is 37.9 Å². The second kappa shape index (κ2) is 4.29. The van der Waals surface area contributed by atoms with Crippen molar-refractivity contribution in [3.05, 3.63) is 36.2 Å². The van der Waals surface area contributed by atoms with Crippen LogP contribution in [0.3, 0.4) is 0 Å². The molecule has 2 heterocycles. The van der Waals surface area contributed by atoms with Crippen molar-refractivity contribution in [1.29, 1.82) is 0 Å². The van der Waals surface area contributed by atoms with Crippen LogP contribution in [0.2, 0.25) is 0 Å². The highest BCUT2D eigenvalue weighted by Gasteiger charge is 2.07. The van der Waals surface area contributed by atoms with Gasteiger partial charge in [0.05, 0.1) is 16.7 Å². The molecule has 0 fully saturated rings. The number of fused-ring (bicyclic) bond motifs is 3. The highest BCUT2D eigenvalue weighted by Crippen LogP contribution is 2.29. The van der Waals surface area contributed by atoms with E-state index in [1.54, 1.807) is 6.20 Å². The van der Waals surface area contributed by atoms with Gasteiger partial charge in [-0.25, -0.2) is 4.39 Å². The molecule has 3 nitrogen and oxygen atoms in total. The summed E-state index contributed by atoms with van der Waals surface area (Å²) in [5.41, 5.74) is 2.99. The minimum atomic E-state index is -0.478. The second-order valence-electron chi connectivity index (χ2n) is 4.19. The number of hydrogen-bond donors (Lipinski definition) is 1. The van der Waals surface area contributed by atoms with E-state index in [4.69, 9.17) is 4.74 Å². The van der Waals surface area contributed by atoms with Gasteiger partial charge in [0.2, 0.25) is 0 Å². The number of rotatable bonds is 3. The number of aromatic amines is 1. The minimum Gasteiger partial charge on any atom is -0.491 e. The number of hydrogen-bond acceptors (Lipinski definition) is 2. The summed E-state index contributed by atoms with van der Waals surface area (Å²) in [5, 5.41) is 2.28. The molecule has 3 rings (SSSR count). The number of ether oxygens (including phenoxy) is 1. The number of H-pyrrole nitrogens is 1. The van der Waals surface area contributed by atoms with E-state index in [9.17, 15) is 4.39 Å². The van der Waals surface area contributed by atoms with Gasteiger partial charge in [-0.15, -0.1) is 0 Å². The Morgan fingerprint density at radius 1 is 1.28 bits per heavy atom. The molecule has 0 bridgehead atoms. The first-order chi connectivity index (χ1) is 8.79. The Kier molecular flexibility index (Phi) is 2.63. The summed E-state index contributed by atoms with van der Waals surface area (Å²) in [6.45, 7) is 1.58. The van der Waals surface area contributed by atoms with Gasteiger partial charge >= 0.3 is 0 Å². The Hall–Kier alpha value is -2.10. The third-order valence-corrected chi connectivity index (χ3v) is 3.03. The highest BCUT2D eigenvalue weighted by molar-refractivity contribution is 6.08. The molecule has 0 aliphatic carbocycles. The van der Waals surface area contributed by atoms with Crippen molar-refractivity contribution in [3.63, 3.8) is 0 Å². The summed E-state index contributed by atoms with van der Waals surface area (Å²) in [4.78, 5) is 7.59. The Balaban J connectivity index is 2.17. The van der Waals surface area contributed by atoms with Crippen molar-refractivity contribution < 1.29 is 9.13 Å². The van der Waals surface area contributed by atoms with Crippen LogP contribution in [-0.2, 0) is 0 Å². The fraction of sp³-hybridized carbons (Fsp3) is 0.214. The van der Waals surface area contributed by atoms with Crippen LogP contribution in [-0.4, -0.2) is 23.2 Å². The molecule has 0 radical (unpaired) electrons. The molecule has 92 valence electrons. The Bertz CT molecular complexity index is 705. The van der Waals surface area contributed by atoms with Gasteiger partial charge in [0, 0.05) is 23.0 Å². The van der Waals surface area contributed by atoms with Crippen molar-refractivity contribution in [2.45, 2.75) is 6.92 Å². The molecular weight excluding hydrogens is 230 g/mol. The van der Waals surface area contributed by atoms with E-state index in [0.29, 0.717) is 5.75 Å². The molecule has 0 aliphatic heterocycles. The second-order valence-corrected chi connectivity index (χ2v) is 4.19. The first kappa shape index (κ1) is 11.0. The largest absolute Gasteiger partial charge is 0.491 e. The Morgan fingerprint density at radius 2 is 2.17 bits per heavy atom. The molecule has 0 aliphatic rings. The summed E-state index contributed by atoms with van der Waals surface area (Å²) in [7, 11) is 0. The number of alkyl halides is 1. The van der Waals surface area contributed by atoms with E-state index in [0.717, 1.165) is 27.5 Å². The van der Waals surface area contributed by atoms with Crippen molar-refractivity contribution in [2.24, 2.45) is 0 Å². The fourth-order valence-electron chi connectivity index (χ4n) is 2.19.